The van der Waals surface area contributed by atoms with Gasteiger partial charge in [-0.3, -0.25) is 4.79 Å². The Morgan fingerprint density at radius 3 is 2.74 bits per heavy atom. The molecule has 104 valence electrons. The molecule has 1 N–H and O–H groups in total. The van der Waals surface area contributed by atoms with Crippen molar-refractivity contribution in [1.29, 1.82) is 0 Å². The van der Waals surface area contributed by atoms with Crippen molar-refractivity contribution in [2.24, 2.45) is 0 Å². The lowest BCUT2D eigenvalue weighted by Crippen LogP contribution is -2.51. The third-order valence-electron chi connectivity index (χ3n) is 4.00. The summed E-state index contributed by atoms with van der Waals surface area (Å²) in [6, 6.07) is 8.12. The van der Waals surface area contributed by atoms with Gasteiger partial charge in [0.15, 0.2) is 0 Å². The van der Waals surface area contributed by atoms with Gasteiger partial charge in [0.2, 0.25) is 5.91 Å². The van der Waals surface area contributed by atoms with Gasteiger partial charge in [0.25, 0.3) is 0 Å². The summed E-state index contributed by atoms with van der Waals surface area (Å²) in [5, 5.41) is 3.30. The molecule has 1 fully saturated rings. The molecule has 0 spiro atoms. The predicted molar refractivity (Wildman–Crippen MR) is 79.5 cm³/mol. The molecule has 0 radical (unpaired) electrons. The van der Waals surface area contributed by atoms with E-state index in [1.807, 2.05) is 24.0 Å². The van der Waals surface area contributed by atoms with Gasteiger partial charge in [0.05, 0.1) is 6.04 Å². The molecule has 1 aromatic carbocycles. The summed E-state index contributed by atoms with van der Waals surface area (Å²) >= 11 is 0. The maximum absolute atomic E-state index is 12.7. The fraction of sp³-hybridized carbons (Fsp3) is 0.562. The molecule has 0 aromatic heterocycles. The van der Waals surface area contributed by atoms with Crippen LogP contribution in [0.1, 0.15) is 39.7 Å². The Labute approximate surface area is 116 Å². The zero-order chi connectivity index (χ0) is 14.0. The molecule has 1 unspecified atom stereocenters. The molecule has 0 bridgehead atoms. The van der Waals surface area contributed by atoms with Crippen molar-refractivity contribution in [3.63, 3.8) is 0 Å². The minimum absolute atomic E-state index is 0.119. The van der Waals surface area contributed by atoms with Gasteiger partial charge in [-0.05, 0) is 51.8 Å². The van der Waals surface area contributed by atoms with E-state index in [-0.39, 0.29) is 17.5 Å². The number of aryl methyl sites for hydroxylation is 1. The summed E-state index contributed by atoms with van der Waals surface area (Å²) in [4.78, 5) is 14.7. The molecule has 1 aromatic rings. The quantitative estimate of drug-likeness (QED) is 0.886. The molecular formula is C16H24N2O. The molecule has 1 aliphatic rings. The average molecular weight is 260 g/mol. The summed E-state index contributed by atoms with van der Waals surface area (Å²) in [6.45, 7) is 9.26. The molecule has 19 heavy (non-hydrogen) atoms. The van der Waals surface area contributed by atoms with Gasteiger partial charge >= 0.3 is 0 Å². The predicted octanol–water partition coefficient (Wildman–Crippen LogP) is 2.74. The molecule has 1 amide bonds. The van der Waals surface area contributed by atoms with Gasteiger partial charge in [-0.25, -0.2) is 0 Å². The van der Waals surface area contributed by atoms with E-state index < -0.39 is 0 Å². The van der Waals surface area contributed by atoms with Crippen molar-refractivity contribution in [2.45, 2.75) is 52.1 Å². The van der Waals surface area contributed by atoms with E-state index >= 15 is 0 Å². The van der Waals surface area contributed by atoms with Crippen molar-refractivity contribution < 1.29 is 4.79 Å². The number of hydrogen-bond acceptors (Lipinski definition) is 2. The van der Waals surface area contributed by atoms with E-state index in [1.54, 1.807) is 0 Å². The van der Waals surface area contributed by atoms with Gasteiger partial charge in [0, 0.05) is 11.2 Å². The molecule has 1 aliphatic heterocycles. The van der Waals surface area contributed by atoms with Crippen LogP contribution in [0.15, 0.2) is 24.3 Å². The third kappa shape index (κ3) is 2.66. The number of anilines is 1. The number of nitrogens with one attached hydrogen (secondary N) is 1. The summed E-state index contributed by atoms with van der Waals surface area (Å²) in [5.41, 5.74) is 2.15. The first-order valence-corrected chi connectivity index (χ1v) is 7.12. The molecular weight excluding hydrogens is 236 g/mol. The normalized spacial score (nSPS) is 23.3. The topological polar surface area (TPSA) is 32.3 Å². The van der Waals surface area contributed by atoms with Crippen molar-refractivity contribution in [2.75, 3.05) is 11.4 Å². The molecule has 3 nitrogen and oxygen atoms in total. The van der Waals surface area contributed by atoms with Crippen LogP contribution in [0.25, 0.3) is 0 Å². The fourth-order valence-corrected chi connectivity index (χ4v) is 2.76. The Bertz CT molecular complexity index is 468. The highest BCUT2D eigenvalue weighted by molar-refractivity contribution is 5.99. The first-order chi connectivity index (χ1) is 8.97. The van der Waals surface area contributed by atoms with Crippen LogP contribution in [0.2, 0.25) is 0 Å². The first kappa shape index (κ1) is 14.1. The Hall–Kier alpha value is -1.35. The van der Waals surface area contributed by atoms with Crippen LogP contribution in [0, 0.1) is 0 Å². The number of nitrogens with zero attached hydrogens (tertiary/aromatic N) is 1. The standard InChI is InChI=1S/C16H24N2O/c1-5-13-8-6-7-9-14(13)18-15(19)12(2)17-11-10-16(18,3)4/h6-9,12,17H,5,10-11H2,1-4H3. The fourth-order valence-electron chi connectivity index (χ4n) is 2.76. The Kier molecular flexibility index (Phi) is 3.95. The number of amides is 1. The van der Waals surface area contributed by atoms with E-state index in [0.29, 0.717) is 0 Å². The van der Waals surface area contributed by atoms with E-state index in [2.05, 4.69) is 38.2 Å². The van der Waals surface area contributed by atoms with Gasteiger partial charge in [-0.2, -0.15) is 0 Å². The highest BCUT2D eigenvalue weighted by atomic mass is 16.2. The van der Waals surface area contributed by atoms with Gasteiger partial charge in [0.1, 0.15) is 0 Å². The zero-order valence-electron chi connectivity index (χ0n) is 12.4. The van der Waals surface area contributed by atoms with Crippen LogP contribution in [-0.2, 0) is 11.2 Å². The number of rotatable bonds is 2. The van der Waals surface area contributed by atoms with E-state index in [0.717, 1.165) is 25.1 Å². The van der Waals surface area contributed by atoms with E-state index in [9.17, 15) is 4.79 Å². The first-order valence-electron chi connectivity index (χ1n) is 7.12. The molecule has 1 saturated heterocycles. The monoisotopic (exact) mass is 260 g/mol. The minimum atomic E-state index is -0.153. The molecule has 1 atom stereocenters. The van der Waals surface area contributed by atoms with Crippen molar-refractivity contribution >= 4 is 11.6 Å². The molecule has 0 aliphatic carbocycles. The molecule has 3 heteroatoms. The van der Waals surface area contributed by atoms with Crippen LogP contribution in [-0.4, -0.2) is 24.0 Å². The van der Waals surface area contributed by atoms with Crippen molar-refractivity contribution in [1.82, 2.24) is 5.32 Å². The van der Waals surface area contributed by atoms with Gasteiger partial charge in [-0.15, -0.1) is 0 Å². The number of hydrogen-bond donors (Lipinski definition) is 1. The number of para-hydroxylation sites is 1. The lowest BCUT2D eigenvalue weighted by molar-refractivity contribution is -0.120. The van der Waals surface area contributed by atoms with Crippen LogP contribution in [0.5, 0.6) is 0 Å². The van der Waals surface area contributed by atoms with Gasteiger partial charge < -0.3 is 10.2 Å². The zero-order valence-corrected chi connectivity index (χ0v) is 12.4. The summed E-state index contributed by atoms with van der Waals surface area (Å²) in [7, 11) is 0. The molecule has 0 saturated carbocycles. The largest absolute Gasteiger partial charge is 0.306 e. The Morgan fingerprint density at radius 2 is 2.05 bits per heavy atom. The number of carbonyl (C=O) groups is 1. The summed E-state index contributed by atoms with van der Waals surface area (Å²) in [6.07, 6.45) is 1.90. The Balaban J connectivity index is 2.51. The summed E-state index contributed by atoms with van der Waals surface area (Å²) in [5.74, 6) is 0.170. The second kappa shape index (κ2) is 5.33. The summed E-state index contributed by atoms with van der Waals surface area (Å²) < 4.78 is 0. The number of carbonyl (C=O) groups excluding carboxylic acids is 1. The maximum Gasteiger partial charge on any atom is 0.244 e. The molecule has 1 heterocycles. The lowest BCUT2D eigenvalue weighted by atomic mass is 9.95. The smallest absolute Gasteiger partial charge is 0.244 e. The maximum atomic E-state index is 12.7. The minimum Gasteiger partial charge on any atom is -0.306 e. The second-order valence-corrected chi connectivity index (χ2v) is 5.89. The van der Waals surface area contributed by atoms with Crippen molar-refractivity contribution in [3.8, 4) is 0 Å². The highest BCUT2D eigenvalue weighted by Gasteiger charge is 2.37. The van der Waals surface area contributed by atoms with Crippen LogP contribution < -0.4 is 10.2 Å². The van der Waals surface area contributed by atoms with Crippen LogP contribution in [0.4, 0.5) is 5.69 Å². The van der Waals surface area contributed by atoms with E-state index in [1.165, 1.54) is 5.56 Å². The average Bonchev–Trinajstić information content (AvgIpc) is 2.47. The lowest BCUT2D eigenvalue weighted by Gasteiger charge is -2.38. The SMILES string of the molecule is CCc1ccccc1N1C(=O)C(C)NCCC1(C)C. The van der Waals surface area contributed by atoms with E-state index in [4.69, 9.17) is 0 Å². The molecule has 2 rings (SSSR count). The number of benzene rings is 1. The van der Waals surface area contributed by atoms with Gasteiger partial charge in [-0.1, -0.05) is 25.1 Å². The van der Waals surface area contributed by atoms with Crippen LogP contribution >= 0.6 is 0 Å². The third-order valence-corrected chi connectivity index (χ3v) is 4.00. The highest BCUT2D eigenvalue weighted by Crippen LogP contribution is 2.32. The Morgan fingerprint density at radius 1 is 1.37 bits per heavy atom. The van der Waals surface area contributed by atoms with Crippen molar-refractivity contribution in [3.05, 3.63) is 29.8 Å². The second-order valence-electron chi connectivity index (χ2n) is 5.89. The van der Waals surface area contributed by atoms with Crippen LogP contribution in [0.3, 0.4) is 0 Å².